The second kappa shape index (κ2) is 8.73. The zero-order valence-corrected chi connectivity index (χ0v) is 19.4. The van der Waals surface area contributed by atoms with Crippen LogP contribution in [0.1, 0.15) is 37.9 Å². The summed E-state index contributed by atoms with van der Waals surface area (Å²) in [7, 11) is 0. The molecule has 5 nitrogen and oxygen atoms in total. The Morgan fingerprint density at radius 3 is 2.68 bits per heavy atom. The third kappa shape index (κ3) is 4.60. The SMILES string of the molecule is Cc1cscc1-c1ccnc(NC(C)c2cc3cc(Cl)c(OC(C)C)cc3[nH]c2=O)c1. The van der Waals surface area contributed by atoms with Gasteiger partial charge in [-0.15, -0.1) is 0 Å². The number of hydrogen-bond donors (Lipinski definition) is 2. The molecule has 0 saturated heterocycles. The maximum Gasteiger partial charge on any atom is 0.253 e. The van der Waals surface area contributed by atoms with Gasteiger partial charge in [0, 0.05) is 23.2 Å². The molecule has 160 valence electrons. The number of H-pyrrole nitrogens is 1. The number of aromatic nitrogens is 2. The fraction of sp³-hybridized carbons (Fsp3) is 0.250. The van der Waals surface area contributed by atoms with E-state index in [4.69, 9.17) is 16.3 Å². The third-order valence-corrected chi connectivity index (χ3v) is 6.20. The van der Waals surface area contributed by atoms with Crippen LogP contribution in [-0.2, 0) is 0 Å². The van der Waals surface area contributed by atoms with Gasteiger partial charge < -0.3 is 15.0 Å². The summed E-state index contributed by atoms with van der Waals surface area (Å²) >= 11 is 8.07. The summed E-state index contributed by atoms with van der Waals surface area (Å²) < 4.78 is 5.73. The molecule has 0 amide bonds. The summed E-state index contributed by atoms with van der Waals surface area (Å²) in [6, 6.07) is 9.21. The first kappa shape index (κ1) is 21.4. The molecule has 4 rings (SSSR count). The van der Waals surface area contributed by atoms with Crippen molar-refractivity contribution >= 4 is 39.7 Å². The largest absolute Gasteiger partial charge is 0.489 e. The van der Waals surface area contributed by atoms with Gasteiger partial charge in [-0.25, -0.2) is 4.98 Å². The van der Waals surface area contributed by atoms with E-state index in [0.29, 0.717) is 27.7 Å². The van der Waals surface area contributed by atoms with Crippen molar-refractivity contribution in [1.29, 1.82) is 0 Å². The first-order valence-electron chi connectivity index (χ1n) is 10.1. The summed E-state index contributed by atoms with van der Waals surface area (Å²) in [4.78, 5) is 20.2. The number of hydrogen-bond acceptors (Lipinski definition) is 5. The predicted molar refractivity (Wildman–Crippen MR) is 130 cm³/mol. The zero-order chi connectivity index (χ0) is 22.1. The lowest BCUT2D eigenvalue weighted by atomic mass is 10.1. The minimum atomic E-state index is -0.246. The van der Waals surface area contributed by atoms with Crippen molar-refractivity contribution in [2.45, 2.75) is 39.8 Å². The highest BCUT2D eigenvalue weighted by Gasteiger charge is 2.15. The number of aryl methyl sites for hydroxylation is 1. The Bertz CT molecular complexity index is 1300. The topological polar surface area (TPSA) is 67.0 Å². The molecule has 0 bridgehead atoms. The molecule has 4 aromatic rings. The summed E-state index contributed by atoms with van der Waals surface area (Å²) in [6.45, 7) is 7.91. The van der Waals surface area contributed by atoms with Crippen molar-refractivity contribution in [3.8, 4) is 16.9 Å². The van der Waals surface area contributed by atoms with Gasteiger partial charge in [-0.1, -0.05) is 11.6 Å². The van der Waals surface area contributed by atoms with E-state index < -0.39 is 0 Å². The number of fused-ring (bicyclic) bond motifs is 1. The number of halogens is 1. The molecule has 3 heterocycles. The highest BCUT2D eigenvalue weighted by molar-refractivity contribution is 7.08. The third-order valence-electron chi connectivity index (χ3n) is 5.05. The number of aromatic amines is 1. The van der Waals surface area contributed by atoms with Crippen LogP contribution in [0.15, 0.2) is 52.1 Å². The number of rotatable bonds is 6. The molecule has 0 aliphatic rings. The minimum absolute atomic E-state index is 0.00806. The fourth-order valence-electron chi connectivity index (χ4n) is 3.52. The molecule has 2 N–H and O–H groups in total. The number of nitrogens with zero attached hydrogens (tertiary/aromatic N) is 1. The maximum absolute atomic E-state index is 12.8. The molecule has 1 atom stereocenters. The molecular formula is C24H24ClN3O2S. The van der Waals surface area contributed by atoms with Crippen LogP contribution in [0, 0.1) is 6.92 Å². The second-order valence-electron chi connectivity index (χ2n) is 7.85. The predicted octanol–water partition coefficient (Wildman–Crippen LogP) is 6.57. The highest BCUT2D eigenvalue weighted by Crippen LogP contribution is 2.31. The maximum atomic E-state index is 12.8. The fourth-order valence-corrected chi connectivity index (χ4v) is 4.60. The van der Waals surface area contributed by atoms with Crippen molar-refractivity contribution in [3.63, 3.8) is 0 Å². The summed E-state index contributed by atoms with van der Waals surface area (Å²) in [5, 5.41) is 8.97. The molecule has 0 radical (unpaired) electrons. The molecule has 0 spiro atoms. The smallest absolute Gasteiger partial charge is 0.253 e. The number of ether oxygens (including phenoxy) is 1. The lowest BCUT2D eigenvalue weighted by molar-refractivity contribution is 0.243. The highest BCUT2D eigenvalue weighted by atomic mass is 35.5. The minimum Gasteiger partial charge on any atom is -0.489 e. The Morgan fingerprint density at radius 2 is 1.97 bits per heavy atom. The standard InChI is InChI=1S/C24H24ClN3O2S/c1-13(2)30-22-10-21-17(8-20(22)25)7-18(24(29)28-21)15(4)27-23-9-16(5-6-26-23)19-12-31-11-14(19)3/h5-13,15H,1-4H3,(H,26,27)(H,28,29). The Hall–Kier alpha value is -2.83. The first-order valence-corrected chi connectivity index (χ1v) is 11.4. The normalized spacial score (nSPS) is 12.3. The van der Waals surface area contributed by atoms with Crippen molar-refractivity contribution in [3.05, 3.63) is 73.8 Å². The van der Waals surface area contributed by atoms with Gasteiger partial charge in [0.25, 0.3) is 5.56 Å². The molecule has 1 aromatic carbocycles. The van der Waals surface area contributed by atoms with E-state index in [9.17, 15) is 4.79 Å². The monoisotopic (exact) mass is 453 g/mol. The van der Waals surface area contributed by atoms with Gasteiger partial charge in [-0.05, 0) is 79.4 Å². The molecule has 7 heteroatoms. The van der Waals surface area contributed by atoms with Crippen LogP contribution in [0.4, 0.5) is 5.82 Å². The van der Waals surface area contributed by atoms with Gasteiger partial charge in [0.05, 0.1) is 22.7 Å². The van der Waals surface area contributed by atoms with Crippen LogP contribution in [0.25, 0.3) is 22.0 Å². The van der Waals surface area contributed by atoms with Crippen molar-refractivity contribution in [2.75, 3.05) is 5.32 Å². The van der Waals surface area contributed by atoms with Crippen LogP contribution in [-0.4, -0.2) is 16.1 Å². The molecule has 0 fully saturated rings. The van der Waals surface area contributed by atoms with Gasteiger partial charge in [0.15, 0.2) is 0 Å². The second-order valence-corrected chi connectivity index (χ2v) is 9.01. The number of thiophene rings is 1. The van der Waals surface area contributed by atoms with Crippen LogP contribution in [0.5, 0.6) is 5.75 Å². The van der Waals surface area contributed by atoms with Crippen LogP contribution < -0.4 is 15.6 Å². The van der Waals surface area contributed by atoms with Gasteiger partial charge >= 0.3 is 0 Å². The van der Waals surface area contributed by atoms with Gasteiger partial charge in [0.1, 0.15) is 11.6 Å². The van der Waals surface area contributed by atoms with Crippen molar-refractivity contribution in [2.24, 2.45) is 0 Å². The van der Waals surface area contributed by atoms with Gasteiger partial charge in [0.2, 0.25) is 0 Å². The zero-order valence-electron chi connectivity index (χ0n) is 17.8. The van der Waals surface area contributed by atoms with Crippen molar-refractivity contribution < 1.29 is 4.74 Å². The lowest BCUT2D eigenvalue weighted by Gasteiger charge is -2.16. The molecule has 0 saturated carbocycles. The molecule has 0 aliphatic carbocycles. The van der Waals surface area contributed by atoms with Crippen molar-refractivity contribution in [1.82, 2.24) is 9.97 Å². The van der Waals surface area contributed by atoms with Crippen LogP contribution in [0.3, 0.4) is 0 Å². The van der Waals surface area contributed by atoms with Crippen LogP contribution >= 0.6 is 22.9 Å². The first-order chi connectivity index (χ1) is 14.8. The average molecular weight is 454 g/mol. The van der Waals surface area contributed by atoms with E-state index in [0.717, 1.165) is 10.9 Å². The van der Waals surface area contributed by atoms with E-state index in [1.165, 1.54) is 11.1 Å². The van der Waals surface area contributed by atoms with E-state index in [2.05, 4.69) is 33.0 Å². The lowest BCUT2D eigenvalue weighted by Crippen LogP contribution is -2.20. The molecular weight excluding hydrogens is 430 g/mol. The summed E-state index contributed by atoms with van der Waals surface area (Å²) in [5.74, 6) is 1.28. The molecule has 31 heavy (non-hydrogen) atoms. The van der Waals surface area contributed by atoms with Crippen LogP contribution in [0.2, 0.25) is 5.02 Å². The molecule has 0 aliphatic heterocycles. The quantitative estimate of drug-likeness (QED) is 0.346. The number of nitrogens with one attached hydrogen (secondary N) is 2. The summed E-state index contributed by atoms with van der Waals surface area (Å²) in [5.41, 5.74) is 4.67. The average Bonchev–Trinajstić information content (AvgIpc) is 3.14. The Morgan fingerprint density at radius 1 is 1.16 bits per heavy atom. The Labute approximate surface area is 190 Å². The number of benzene rings is 1. The van der Waals surface area contributed by atoms with Gasteiger partial charge in [-0.2, -0.15) is 11.3 Å². The van der Waals surface area contributed by atoms with E-state index in [1.807, 2.05) is 45.0 Å². The van der Waals surface area contributed by atoms with E-state index in [-0.39, 0.29) is 17.7 Å². The van der Waals surface area contributed by atoms with E-state index in [1.54, 1.807) is 23.6 Å². The number of pyridine rings is 2. The summed E-state index contributed by atoms with van der Waals surface area (Å²) in [6.07, 6.45) is 1.77. The Balaban J connectivity index is 1.63. The Kier molecular flexibility index (Phi) is 6.03. The van der Waals surface area contributed by atoms with Gasteiger partial charge in [-0.3, -0.25) is 4.79 Å². The molecule has 3 aromatic heterocycles. The molecule has 1 unspecified atom stereocenters. The number of anilines is 1. The van der Waals surface area contributed by atoms with E-state index >= 15 is 0 Å².